The number of hydrogen-bond acceptors (Lipinski definition) is 4. The van der Waals surface area contributed by atoms with E-state index in [0.717, 1.165) is 30.6 Å². The third-order valence-corrected chi connectivity index (χ3v) is 5.58. The highest BCUT2D eigenvalue weighted by Crippen LogP contribution is 2.22. The monoisotopic (exact) mass is 372 g/mol. The molecular formula is C20H24N2O3S. The fourth-order valence-corrected chi connectivity index (χ4v) is 3.88. The van der Waals surface area contributed by atoms with Crippen molar-refractivity contribution in [1.82, 2.24) is 10.6 Å². The van der Waals surface area contributed by atoms with Crippen LogP contribution >= 0.6 is 11.3 Å². The molecule has 1 aliphatic rings. The van der Waals surface area contributed by atoms with E-state index in [-0.39, 0.29) is 30.5 Å². The van der Waals surface area contributed by atoms with E-state index in [1.165, 1.54) is 0 Å². The average Bonchev–Trinajstić information content (AvgIpc) is 3.34. The third kappa shape index (κ3) is 4.85. The minimum absolute atomic E-state index is 0.0630. The summed E-state index contributed by atoms with van der Waals surface area (Å²) in [4.78, 5) is 25.8. The number of ether oxygens (including phenoxy) is 1. The van der Waals surface area contributed by atoms with Crippen LogP contribution in [0.3, 0.4) is 0 Å². The van der Waals surface area contributed by atoms with E-state index in [0.29, 0.717) is 11.3 Å². The minimum Gasteiger partial charge on any atom is -0.483 e. The molecule has 0 aliphatic heterocycles. The van der Waals surface area contributed by atoms with Crippen LogP contribution in [-0.2, 0) is 4.79 Å². The van der Waals surface area contributed by atoms with Gasteiger partial charge in [-0.1, -0.05) is 31.0 Å². The normalized spacial score (nSPS) is 15.4. The number of carbonyl (C=O) groups excluding carboxylic acids is 2. The molecule has 1 aliphatic carbocycles. The Labute approximate surface area is 157 Å². The topological polar surface area (TPSA) is 67.4 Å². The molecule has 138 valence electrons. The first-order valence-corrected chi connectivity index (χ1v) is 9.87. The summed E-state index contributed by atoms with van der Waals surface area (Å²) in [5, 5.41) is 7.94. The first-order chi connectivity index (χ1) is 12.6. The zero-order valence-corrected chi connectivity index (χ0v) is 15.7. The van der Waals surface area contributed by atoms with Crippen molar-refractivity contribution in [3.8, 4) is 5.75 Å². The molecule has 2 N–H and O–H groups in total. The molecular weight excluding hydrogens is 348 g/mol. The van der Waals surface area contributed by atoms with Crippen molar-refractivity contribution < 1.29 is 14.3 Å². The second-order valence-corrected chi connectivity index (χ2v) is 7.52. The highest BCUT2D eigenvalue weighted by molar-refractivity contribution is 7.10. The van der Waals surface area contributed by atoms with Crippen LogP contribution < -0.4 is 15.4 Å². The van der Waals surface area contributed by atoms with Crippen molar-refractivity contribution in [2.45, 2.75) is 44.7 Å². The van der Waals surface area contributed by atoms with E-state index < -0.39 is 0 Å². The fourth-order valence-electron chi connectivity index (χ4n) is 3.15. The molecule has 0 saturated heterocycles. The molecule has 0 bridgehead atoms. The van der Waals surface area contributed by atoms with E-state index in [2.05, 4.69) is 10.6 Å². The SMILES string of the molecule is CC(NC(=O)COc1ccccc1C(=O)NC1CCCC1)c1cccs1. The number of hydrogen-bond donors (Lipinski definition) is 2. The van der Waals surface area contributed by atoms with Gasteiger partial charge in [0, 0.05) is 10.9 Å². The van der Waals surface area contributed by atoms with Gasteiger partial charge in [0.2, 0.25) is 0 Å². The minimum atomic E-state index is -0.211. The lowest BCUT2D eigenvalue weighted by atomic mass is 10.1. The van der Waals surface area contributed by atoms with E-state index in [1.807, 2.05) is 24.4 Å². The molecule has 0 spiro atoms. The summed E-state index contributed by atoms with van der Waals surface area (Å²) in [5.41, 5.74) is 0.471. The maximum absolute atomic E-state index is 12.5. The Morgan fingerprint density at radius 2 is 1.96 bits per heavy atom. The van der Waals surface area contributed by atoms with E-state index in [4.69, 9.17) is 4.74 Å². The van der Waals surface area contributed by atoms with Crippen LogP contribution in [0.25, 0.3) is 0 Å². The van der Waals surface area contributed by atoms with Gasteiger partial charge in [-0.3, -0.25) is 9.59 Å². The lowest BCUT2D eigenvalue weighted by Gasteiger charge is -2.16. The molecule has 1 heterocycles. The molecule has 1 aromatic heterocycles. The van der Waals surface area contributed by atoms with Gasteiger partial charge in [0.1, 0.15) is 5.75 Å². The van der Waals surface area contributed by atoms with Gasteiger partial charge in [0.25, 0.3) is 11.8 Å². The average molecular weight is 372 g/mol. The maximum Gasteiger partial charge on any atom is 0.258 e. The zero-order valence-electron chi connectivity index (χ0n) is 14.9. The molecule has 3 rings (SSSR count). The lowest BCUT2D eigenvalue weighted by Crippen LogP contribution is -2.33. The Bertz CT molecular complexity index is 739. The first kappa shape index (κ1) is 18.5. The van der Waals surface area contributed by atoms with Crippen molar-refractivity contribution in [3.63, 3.8) is 0 Å². The van der Waals surface area contributed by atoms with E-state index in [9.17, 15) is 9.59 Å². The molecule has 2 amide bonds. The van der Waals surface area contributed by atoms with Gasteiger partial charge in [-0.05, 0) is 43.3 Å². The van der Waals surface area contributed by atoms with Crippen molar-refractivity contribution in [2.24, 2.45) is 0 Å². The summed E-state index contributed by atoms with van der Waals surface area (Å²) in [6.45, 7) is 1.82. The Balaban J connectivity index is 1.55. The largest absolute Gasteiger partial charge is 0.483 e. The van der Waals surface area contributed by atoms with Crippen molar-refractivity contribution in [2.75, 3.05) is 6.61 Å². The highest BCUT2D eigenvalue weighted by Gasteiger charge is 2.20. The molecule has 1 fully saturated rings. The fraction of sp³-hybridized carbons (Fsp3) is 0.400. The maximum atomic E-state index is 12.5. The second kappa shape index (κ2) is 8.85. The molecule has 0 radical (unpaired) electrons. The van der Waals surface area contributed by atoms with E-state index >= 15 is 0 Å². The van der Waals surface area contributed by atoms with Crippen LogP contribution in [0.4, 0.5) is 0 Å². The number of para-hydroxylation sites is 1. The smallest absolute Gasteiger partial charge is 0.258 e. The van der Waals surface area contributed by atoms with Gasteiger partial charge in [0.05, 0.1) is 11.6 Å². The predicted octanol–water partition coefficient (Wildman–Crippen LogP) is 3.68. The molecule has 5 nitrogen and oxygen atoms in total. The number of carbonyl (C=O) groups is 2. The van der Waals surface area contributed by atoms with Crippen LogP contribution in [0.2, 0.25) is 0 Å². The number of benzene rings is 1. The van der Waals surface area contributed by atoms with Gasteiger partial charge >= 0.3 is 0 Å². The van der Waals surface area contributed by atoms with Gasteiger partial charge in [0.15, 0.2) is 6.61 Å². The van der Waals surface area contributed by atoms with Crippen LogP contribution in [0.15, 0.2) is 41.8 Å². The van der Waals surface area contributed by atoms with Crippen molar-refractivity contribution in [1.29, 1.82) is 0 Å². The van der Waals surface area contributed by atoms with E-state index in [1.54, 1.807) is 35.6 Å². The molecule has 6 heteroatoms. The Hall–Kier alpha value is -2.34. The Morgan fingerprint density at radius 1 is 1.19 bits per heavy atom. The van der Waals surface area contributed by atoms with Gasteiger partial charge in [-0.25, -0.2) is 0 Å². The summed E-state index contributed by atoms with van der Waals surface area (Å²) >= 11 is 1.60. The van der Waals surface area contributed by atoms with Crippen LogP contribution in [0, 0.1) is 0 Å². The Kier molecular flexibility index (Phi) is 6.28. The van der Waals surface area contributed by atoms with Crippen LogP contribution in [0.1, 0.15) is 53.9 Å². The summed E-state index contributed by atoms with van der Waals surface area (Å²) in [6, 6.07) is 11.2. The van der Waals surface area contributed by atoms with Gasteiger partial charge in [-0.2, -0.15) is 0 Å². The lowest BCUT2D eigenvalue weighted by molar-refractivity contribution is -0.123. The number of amides is 2. The summed E-state index contributed by atoms with van der Waals surface area (Å²) in [6.07, 6.45) is 4.37. The number of thiophene rings is 1. The molecule has 1 atom stereocenters. The van der Waals surface area contributed by atoms with Crippen molar-refractivity contribution in [3.05, 3.63) is 52.2 Å². The molecule has 26 heavy (non-hydrogen) atoms. The number of nitrogens with one attached hydrogen (secondary N) is 2. The number of rotatable bonds is 7. The highest BCUT2D eigenvalue weighted by atomic mass is 32.1. The molecule has 1 aromatic carbocycles. The van der Waals surface area contributed by atoms with Gasteiger partial charge < -0.3 is 15.4 Å². The predicted molar refractivity (Wildman–Crippen MR) is 103 cm³/mol. The Morgan fingerprint density at radius 3 is 2.69 bits per heavy atom. The second-order valence-electron chi connectivity index (χ2n) is 6.54. The van der Waals surface area contributed by atoms with Crippen LogP contribution in [-0.4, -0.2) is 24.5 Å². The molecule has 2 aromatic rings. The summed E-state index contributed by atoms with van der Waals surface area (Å²) < 4.78 is 5.63. The summed E-state index contributed by atoms with van der Waals surface area (Å²) in [5.74, 6) is 0.0821. The molecule has 1 saturated carbocycles. The van der Waals surface area contributed by atoms with Crippen LogP contribution in [0.5, 0.6) is 5.75 Å². The standard InChI is InChI=1S/C20H24N2O3S/c1-14(18-11-6-12-26-18)21-19(23)13-25-17-10-5-4-9-16(17)20(24)22-15-7-2-3-8-15/h4-6,9-12,14-15H,2-3,7-8,13H2,1H3,(H,21,23)(H,22,24). The third-order valence-electron chi connectivity index (χ3n) is 4.53. The summed E-state index contributed by atoms with van der Waals surface area (Å²) in [7, 11) is 0. The zero-order chi connectivity index (χ0) is 18.4. The quantitative estimate of drug-likeness (QED) is 0.779. The molecule has 1 unspecified atom stereocenters. The van der Waals surface area contributed by atoms with Gasteiger partial charge in [-0.15, -0.1) is 11.3 Å². The first-order valence-electron chi connectivity index (χ1n) is 8.99. The van der Waals surface area contributed by atoms with Crippen molar-refractivity contribution >= 4 is 23.2 Å².